The van der Waals surface area contributed by atoms with Gasteiger partial charge in [-0.25, -0.2) is 0 Å². The van der Waals surface area contributed by atoms with Gasteiger partial charge in [0.1, 0.15) is 5.92 Å². The van der Waals surface area contributed by atoms with Crippen molar-refractivity contribution in [1.82, 2.24) is 0 Å². The second-order valence-corrected chi connectivity index (χ2v) is 4.71. The minimum absolute atomic E-state index is 0.301. The van der Waals surface area contributed by atoms with Gasteiger partial charge in [0.25, 0.3) is 0 Å². The van der Waals surface area contributed by atoms with Crippen molar-refractivity contribution in [3.8, 4) is 6.07 Å². The van der Waals surface area contributed by atoms with Crippen molar-refractivity contribution in [2.75, 3.05) is 18.5 Å². The van der Waals surface area contributed by atoms with Gasteiger partial charge in [-0.05, 0) is 36.2 Å². The fourth-order valence-electron chi connectivity index (χ4n) is 2.14. The number of esters is 1. The molecule has 0 saturated heterocycles. The lowest BCUT2D eigenvalue weighted by Crippen LogP contribution is -2.19. The van der Waals surface area contributed by atoms with Crippen molar-refractivity contribution in [3.05, 3.63) is 42.5 Å². The van der Waals surface area contributed by atoms with Crippen molar-refractivity contribution < 1.29 is 9.53 Å². The van der Waals surface area contributed by atoms with Gasteiger partial charge in [-0.15, -0.1) is 0 Å². The number of nitrogens with one attached hydrogen (secondary N) is 1. The zero-order valence-corrected chi connectivity index (χ0v) is 12.0. The Balaban J connectivity index is 1.92. The highest BCUT2D eigenvalue weighted by Crippen LogP contribution is 2.19. The Kier molecular flexibility index (Phi) is 5.16. The highest BCUT2D eigenvalue weighted by Gasteiger charge is 2.18. The summed E-state index contributed by atoms with van der Waals surface area (Å²) in [5.41, 5.74) is 0.981. The second kappa shape index (κ2) is 7.30. The number of anilines is 1. The molecule has 4 nitrogen and oxygen atoms in total. The average Bonchev–Trinajstić information content (AvgIpc) is 2.51. The summed E-state index contributed by atoms with van der Waals surface area (Å²) in [7, 11) is 0. The summed E-state index contributed by atoms with van der Waals surface area (Å²) in [5, 5.41) is 14.6. The molecule has 0 fully saturated rings. The van der Waals surface area contributed by atoms with Crippen LogP contribution in [0.2, 0.25) is 0 Å². The Morgan fingerprint density at radius 3 is 2.76 bits per heavy atom. The van der Waals surface area contributed by atoms with Gasteiger partial charge in [0, 0.05) is 12.2 Å². The van der Waals surface area contributed by atoms with Gasteiger partial charge >= 0.3 is 5.97 Å². The van der Waals surface area contributed by atoms with E-state index < -0.39 is 11.9 Å². The molecule has 2 aromatic rings. The molecule has 0 aliphatic heterocycles. The van der Waals surface area contributed by atoms with Crippen LogP contribution in [0.25, 0.3) is 10.8 Å². The molecule has 0 spiro atoms. The first-order valence-electron chi connectivity index (χ1n) is 7.03. The van der Waals surface area contributed by atoms with Crippen molar-refractivity contribution in [2.45, 2.75) is 13.3 Å². The summed E-state index contributed by atoms with van der Waals surface area (Å²) in [4.78, 5) is 11.5. The van der Waals surface area contributed by atoms with E-state index in [1.807, 2.05) is 30.3 Å². The molecule has 2 aromatic carbocycles. The number of carbonyl (C=O) groups is 1. The van der Waals surface area contributed by atoms with Crippen LogP contribution in [0.4, 0.5) is 5.69 Å². The first-order valence-corrected chi connectivity index (χ1v) is 7.03. The van der Waals surface area contributed by atoms with Gasteiger partial charge in [0.15, 0.2) is 0 Å². The van der Waals surface area contributed by atoms with Gasteiger partial charge in [-0.1, -0.05) is 30.3 Å². The Morgan fingerprint density at radius 2 is 2.05 bits per heavy atom. The zero-order valence-electron chi connectivity index (χ0n) is 12.0. The maximum absolute atomic E-state index is 11.5. The summed E-state index contributed by atoms with van der Waals surface area (Å²) in [6.07, 6.45) is 0.433. The third-order valence-electron chi connectivity index (χ3n) is 3.24. The van der Waals surface area contributed by atoms with Gasteiger partial charge in [-0.2, -0.15) is 5.26 Å². The number of hydrogen-bond acceptors (Lipinski definition) is 4. The van der Waals surface area contributed by atoms with Crippen LogP contribution < -0.4 is 5.32 Å². The topological polar surface area (TPSA) is 62.1 Å². The highest BCUT2D eigenvalue weighted by atomic mass is 16.5. The Labute approximate surface area is 124 Å². The summed E-state index contributed by atoms with van der Waals surface area (Å²) < 4.78 is 4.87. The molecular formula is C17H18N2O2. The van der Waals surface area contributed by atoms with Crippen LogP contribution in [-0.4, -0.2) is 19.1 Å². The van der Waals surface area contributed by atoms with Crippen LogP contribution in [0.1, 0.15) is 13.3 Å². The van der Waals surface area contributed by atoms with E-state index in [4.69, 9.17) is 10.00 Å². The maximum atomic E-state index is 11.5. The largest absolute Gasteiger partial charge is 0.465 e. The summed E-state index contributed by atoms with van der Waals surface area (Å²) in [5.74, 6) is -1.15. The Morgan fingerprint density at radius 1 is 1.29 bits per heavy atom. The van der Waals surface area contributed by atoms with Crippen LogP contribution in [-0.2, 0) is 9.53 Å². The molecule has 0 aliphatic rings. The zero-order chi connectivity index (χ0) is 15.1. The summed E-state index contributed by atoms with van der Waals surface area (Å²) in [6, 6.07) is 16.2. The lowest BCUT2D eigenvalue weighted by molar-refractivity contribution is -0.146. The van der Waals surface area contributed by atoms with Gasteiger partial charge in [0.2, 0.25) is 0 Å². The molecule has 108 valence electrons. The third kappa shape index (κ3) is 3.96. The first kappa shape index (κ1) is 14.9. The molecule has 1 unspecified atom stereocenters. The number of hydrogen-bond donors (Lipinski definition) is 1. The first-order chi connectivity index (χ1) is 10.2. The van der Waals surface area contributed by atoms with E-state index in [1.165, 1.54) is 5.39 Å². The van der Waals surface area contributed by atoms with E-state index in [0.717, 1.165) is 11.1 Å². The lowest BCUT2D eigenvalue weighted by Gasteiger charge is -2.10. The molecule has 4 heteroatoms. The van der Waals surface area contributed by atoms with Crippen LogP contribution in [0.5, 0.6) is 0 Å². The molecule has 0 bridgehead atoms. The minimum atomic E-state index is -0.710. The van der Waals surface area contributed by atoms with Crippen molar-refractivity contribution in [1.29, 1.82) is 5.26 Å². The molecule has 0 amide bonds. The Bertz CT molecular complexity index is 661. The van der Waals surface area contributed by atoms with Gasteiger partial charge in [-0.3, -0.25) is 4.79 Å². The molecule has 0 heterocycles. The monoisotopic (exact) mass is 282 g/mol. The predicted octanol–water partition coefficient (Wildman–Crippen LogP) is 3.34. The number of rotatable bonds is 6. The molecule has 0 saturated carbocycles. The van der Waals surface area contributed by atoms with Crippen LogP contribution >= 0.6 is 0 Å². The number of nitriles is 1. The molecule has 1 N–H and O–H groups in total. The van der Waals surface area contributed by atoms with Crippen molar-refractivity contribution in [2.24, 2.45) is 5.92 Å². The molecule has 0 aromatic heterocycles. The van der Waals surface area contributed by atoms with E-state index >= 15 is 0 Å². The van der Waals surface area contributed by atoms with Crippen LogP contribution in [0.15, 0.2) is 42.5 Å². The molecule has 0 radical (unpaired) electrons. The molecule has 21 heavy (non-hydrogen) atoms. The van der Waals surface area contributed by atoms with Gasteiger partial charge in [0.05, 0.1) is 12.7 Å². The summed E-state index contributed by atoms with van der Waals surface area (Å²) in [6.45, 7) is 2.59. The SMILES string of the molecule is CCOC(=O)C(C#N)CCNc1ccc2ccccc2c1. The fraction of sp³-hybridized carbons (Fsp3) is 0.294. The smallest absolute Gasteiger partial charge is 0.323 e. The number of fused-ring (bicyclic) bond motifs is 1. The van der Waals surface area contributed by atoms with E-state index in [9.17, 15) is 4.79 Å². The summed E-state index contributed by atoms with van der Waals surface area (Å²) >= 11 is 0. The number of benzene rings is 2. The maximum Gasteiger partial charge on any atom is 0.323 e. The average molecular weight is 282 g/mol. The number of ether oxygens (including phenoxy) is 1. The van der Waals surface area contributed by atoms with Crippen LogP contribution in [0, 0.1) is 17.2 Å². The molecular weight excluding hydrogens is 264 g/mol. The molecule has 2 rings (SSSR count). The number of carbonyl (C=O) groups excluding carboxylic acids is 1. The third-order valence-corrected chi connectivity index (χ3v) is 3.24. The predicted molar refractivity (Wildman–Crippen MR) is 82.8 cm³/mol. The van der Waals surface area contributed by atoms with E-state index in [1.54, 1.807) is 6.92 Å². The normalized spacial score (nSPS) is 11.6. The quantitative estimate of drug-likeness (QED) is 0.825. The van der Waals surface area contributed by atoms with Crippen molar-refractivity contribution in [3.63, 3.8) is 0 Å². The lowest BCUT2D eigenvalue weighted by atomic mass is 10.1. The highest BCUT2D eigenvalue weighted by molar-refractivity contribution is 5.85. The van der Waals surface area contributed by atoms with E-state index in [0.29, 0.717) is 19.6 Å². The molecule has 0 aliphatic carbocycles. The van der Waals surface area contributed by atoms with Crippen molar-refractivity contribution >= 4 is 22.4 Å². The fourth-order valence-corrected chi connectivity index (χ4v) is 2.14. The van der Waals surface area contributed by atoms with Gasteiger partial charge < -0.3 is 10.1 Å². The Hall–Kier alpha value is -2.54. The van der Waals surface area contributed by atoms with Crippen LogP contribution in [0.3, 0.4) is 0 Å². The van der Waals surface area contributed by atoms with E-state index in [-0.39, 0.29) is 0 Å². The molecule has 1 atom stereocenters. The minimum Gasteiger partial charge on any atom is -0.465 e. The standard InChI is InChI=1S/C17H18N2O2/c1-2-21-17(20)15(12-18)9-10-19-16-8-7-13-5-3-4-6-14(13)11-16/h3-8,11,15,19H,2,9-10H2,1H3. The van der Waals surface area contributed by atoms with E-state index in [2.05, 4.69) is 23.5 Å². The second-order valence-electron chi connectivity index (χ2n) is 4.71. The number of nitrogens with zero attached hydrogens (tertiary/aromatic N) is 1.